The van der Waals surface area contributed by atoms with Crippen molar-refractivity contribution in [2.24, 2.45) is 34.5 Å². The average Bonchev–Trinajstić information content (AvgIpc) is 3.08. The summed E-state index contributed by atoms with van der Waals surface area (Å²) in [7, 11) is -1.88. The van der Waals surface area contributed by atoms with Gasteiger partial charge in [0.15, 0.2) is 0 Å². The Labute approximate surface area is 196 Å². The lowest BCUT2D eigenvalue weighted by Crippen LogP contribution is -2.74. The molecule has 2 nitrogen and oxygen atoms in total. The molecule has 0 heterocycles. The van der Waals surface area contributed by atoms with Gasteiger partial charge in [-0.3, -0.25) is 0 Å². The fourth-order valence-electron chi connectivity index (χ4n) is 10.2. The van der Waals surface area contributed by atoms with Gasteiger partial charge in [-0.2, -0.15) is 0 Å². The Morgan fingerprint density at radius 1 is 1.06 bits per heavy atom. The van der Waals surface area contributed by atoms with Crippen molar-refractivity contribution in [3.63, 3.8) is 0 Å². The van der Waals surface area contributed by atoms with E-state index in [0.717, 1.165) is 30.6 Å². The van der Waals surface area contributed by atoms with Gasteiger partial charge in [-0.15, -0.1) is 0 Å². The van der Waals surface area contributed by atoms with Crippen LogP contribution in [0, 0.1) is 34.5 Å². The molecule has 0 saturated heterocycles. The van der Waals surface area contributed by atoms with Crippen LogP contribution < -0.4 is 5.19 Å². The molecule has 1 spiro atoms. The quantitative estimate of drug-likeness (QED) is 0.439. The molecule has 6 rings (SSSR count). The zero-order chi connectivity index (χ0) is 22.4. The summed E-state index contributed by atoms with van der Waals surface area (Å²) in [5.41, 5.74) is 1.90. The largest absolute Gasteiger partial charge is 0.410 e. The first-order valence-corrected chi connectivity index (χ1v) is 16.2. The number of hydrogen-bond donors (Lipinski definition) is 1. The van der Waals surface area contributed by atoms with E-state index in [1.54, 1.807) is 5.57 Å². The summed E-state index contributed by atoms with van der Waals surface area (Å²) in [6, 6.07) is 10.9. The molecule has 0 radical (unpaired) electrons. The molecule has 5 aliphatic carbocycles. The third-order valence-electron chi connectivity index (χ3n) is 11.1. The van der Waals surface area contributed by atoms with Crippen LogP contribution in [0.25, 0.3) is 0 Å². The van der Waals surface area contributed by atoms with Crippen LogP contribution in [0.3, 0.4) is 0 Å². The molecule has 1 aromatic carbocycles. The number of benzene rings is 1. The van der Waals surface area contributed by atoms with Gasteiger partial charge in [0.05, 0.1) is 5.60 Å². The molecular weight excluding hydrogens is 408 g/mol. The molecule has 0 aromatic heterocycles. The van der Waals surface area contributed by atoms with E-state index >= 15 is 0 Å². The van der Waals surface area contributed by atoms with Gasteiger partial charge in [0, 0.05) is 6.10 Å². The highest BCUT2D eigenvalue weighted by atomic mass is 28.4. The lowest BCUT2D eigenvalue weighted by atomic mass is 9.31. The van der Waals surface area contributed by atoms with Gasteiger partial charge in [-0.25, -0.2) is 0 Å². The Hall–Kier alpha value is -0.903. The average molecular weight is 451 g/mol. The van der Waals surface area contributed by atoms with E-state index in [9.17, 15) is 5.11 Å². The van der Waals surface area contributed by atoms with E-state index in [2.05, 4.69) is 63.3 Å². The van der Waals surface area contributed by atoms with Crippen molar-refractivity contribution in [1.29, 1.82) is 0 Å². The maximum absolute atomic E-state index is 11.9. The second-order valence-corrected chi connectivity index (χ2v) is 16.7. The highest BCUT2D eigenvalue weighted by Crippen LogP contribution is 2.77. The van der Waals surface area contributed by atoms with Crippen LogP contribution in [0.1, 0.15) is 71.6 Å². The summed E-state index contributed by atoms with van der Waals surface area (Å²) in [4.78, 5) is 0. The van der Waals surface area contributed by atoms with Gasteiger partial charge in [0.1, 0.15) is 0 Å². The number of hydrogen-bond acceptors (Lipinski definition) is 2. The molecule has 1 N–H and O–H groups in total. The lowest BCUT2D eigenvalue weighted by molar-refractivity contribution is -0.311. The SMILES string of the molecule is C/C=C1\CC[C@H]2[C@@H]3CC[C@H]4C[C@H](O[Si](C)(C)c5ccccc5)CC[C@@]45C[C@@](O)(C[C@]12C)[C@@H]35. The Bertz CT molecular complexity index is 924. The normalized spacial score (nSPS) is 48.5. The smallest absolute Gasteiger partial charge is 0.218 e. The summed E-state index contributed by atoms with van der Waals surface area (Å²) >= 11 is 0. The molecule has 5 aliphatic rings. The van der Waals surface area contributed by atoms with Gasteiger partial charge in [0.25, 0.3) is 0 Å². The molecule has 174 valence electrons. The van der Waals surface area contributed by atoms with Crippen molar-refractivity contribution >= 4 is 13.5 Å². The zero-order valence-corrected chi connectivity index (χ0v) is 21.6. The van der Waals surface area contributed by atoms with Crippen LogP contribution in [0.2, 0.25) is 13.1 Å². The second kappa shape index (κ2) is 7.06. The fraction of sp³-hybridized carbons (Fsp3) is 0.724. The molecule has 0 bridgehead atoms. The van der Waals surface area contributed by atoms with Gasteiger partial charge >= 0.3 is 0 Å². The number of aliphatic hydroxyl groups is 1. The summed E-state index contributed by atoms with van der Waals surface area (Å²) in [6.45, 7) is 9.45. The van der Waals surface area contributed by atoms with Crippen molar-refractivity contribution in [2.75, 3.05) is 0 Å². The second-order valence-electron chi connectivity index (χ2n) is 12.9. The van der Waals surface area contributed by atoms with E-state index in [4.69, 9.17) is 4.43 Å². The van der Waals surface area contributed by atoms with Crippen molar-refractivity contribution in [2.45, 2.75) is 96.4 Å². The monoisotopic (exact) mass is 450 g/mol. The first kappa shape index (κ1) is 21.6. The number of fused-ring (bicyclic) bond motifs is 2. The number of allylic oxidation sites excluding steroid dienone is 2. The van der Waals surface area contributed by atoms with Crippen LogP contribution in [0.5, 0.6) is 0 Å². The molecule has 5 fully saturated rings. The van der Waals surface area contributed by atoms with Crippen molar-refractivity contribution < 1.29 is 9.53 Å². The van der Waals surface area contributed by atoms with Crippen LogP contribution >= 0.6 is 0 Å². The fourth-order valence-corrected chi connectivity index (χ4v) is 12.3. The third kappa shape index (κ3) is 2.83. The summed E-state index contributed by atoms with van der Waals surface area (Å²) in [6.07, 6.45) is 13.9. The molecular formula is C29H42O2Si. The van der Waals surface area contributed by atoms with E-state index in [-0.39, 0.29) is 5.41 Å². The maximum atomic E-state index is 11.9. The Morgan fingerprint density at radius 3 is 2.59 bits per heavy atom. The van der Waals surface area contributed by atoms with Crippen LogP contribution in [0.15, 0.2) is 42.0 Å². The zero-order valence-electron chi connectivity index (χ0n) is 20.6. The van der Waals surface area contributed by atoms with Crippen LogP contribution in [-0.4, -0.2) is 25.1 Å². The first-order chi connectivity index (χ1) is 15.2. The minimum Gasteiger partial charge on any atom is -0.410 e. The van der Waals surface area contributed by atoms with Crippen molar-refractivity contribution in [3.8, 4) is 0 Å². The maximum Gasteiger partial charge on any atom is 0.218 e. The topological polar surface area (TPSA) is 29.5 Å². The predicted octanol–water partition coefficient (Wildman–Crippen LogP) is 6.20. The standard InChI is InChI=1S/C29H42O2Si/c1-5-20-12-14-25-24-13-11-21-17-22(31-32(3,4)23-9-7-6-8-10-23)15-16-28(21)19-29(30,26(24)28)18-27(20,25)2/h5-10,21-22,24-26,30H,11-19H2,1-4H3/b20-5+/t21-,22+,24-,25-,26-,27+,28+,29-/m0/s1. The Balaban J connectivity index is 1.22. The first-order valence-electron chi connectivity index (χ1n) is 13.3. The van der Waals surface area contributed by atoms with E-state index in [0.29, 0.717) is 17.4 Å². The molecule has 5 saturated carbocycles. The van der Waals surface area contributed by atoms with Gasteiger partial charge in [-0.05, 0) is 117 Å². The summed E-state index contributed by atoms with van der Waals surface area (Å²) in [5, 5.41) is 13.4. The Kier molecular flexibility index (Phi) is 4.77. The summed E-state index contributed by atoms with van der Waals surface area (Å²) < 4.78 is 6.92. The van der Waals surface area contributed by atoms with E-state index in [1.807, 2.05) is 0 Å². The minimum absolute atomic E-state index is 0.255. The van der Waals surface area contributed by atoms with Gasteiger partial charge in [-0.1, -0.05) is 48.9 Å². The highest BCUT2D eigenvalue weighted by molar-refractivity contribution is 6.84. The van der Waals surface area contributed by atoms with E-state index < -0.39 is 13.9 Å². The molecule has 3 heteroatoms. The van der Waals surface area contributed by atoms with Gasteiger partial charge in [0.2, 0.25) is 8.32 Å². The van der Waals surface area contributed by atoms with Gasteiger partial charge < -0.3 is 9.53 Å². The third-order valence-corrected chi connectivity index (χ3v) is 13.8. The Morgan fingerprint density at radius 2 is 1.84 bits per heavy atom. The predicted molar refractivity (Wildman–Crippen MR) is 133 cm³/mol. The van der Waals surface area contributed by atoms with Crippen LogP contribution in [-0.2, 0) is 4.43 Å². The molecule has 0 aliphatic heterocycles. The molecule has 0 amide bonds. The summed E-state index contributed by atoms with van der Waals surface area (Å²) in [5.74, 6) is 2.86. The molecule has 0 unspecified atom stereocenters. The molecule has 8 atom stereocenters. The molecule has 1 aromatic rings. The molecule has 32 heavy (non-hydrogen) atoms. The lowest BCUT2D eigenvalue weighted by Gasteiger charge is -2.75. The highest BCUT2D eigenvalue weighted by Gasteiger charge is 2.75. The number of rotatable bonds is 3. The van der Waals surface area contributed by atoms with Crippen LogP contribution in [0.4, 0.5) is 0 Å². The van der Waals surface area contributed by atoms with E-state index in [1.165, 1.54) is 50.1 Å². The van der Waals surface area contributed by atoms with Crippen molar-refractivity contribution in [1.82, 2.24) is 0 Å². The minimum atomic E-state index is -1.88. The van der Waals surface area contributed by atoms with Crippen molar-refractivity contribution in [3.05, 3.63) is 42.0 Å².